The van der Waals surface area contributed by atoms with Gasteiger partial charge in [-0.3, -0.25) is 4.79 Å². The number of hydrogen-bond donors (Lipinski definition) is 0. The molecule has 0 bridgehead atoms. The van der Waals surface area contributed by atoms with Gasteiger partial charge in [-0.05, 0) is 12.0 Å². The molecule has 1 aromatic rings. The molecule has 3 heteroatoms. The molecule has 14 heavy (non-hydrogen) atoms. The number of benzene rings is 1. The lowest BCUT2D eigenvalue weighted by Gasteiger charge is -2.06. The highest BCUT2D eigenvalue weighted by Gasteiger charge is 2.11. The van der Waals surface area contributed by atoms with Crippen LogP contribution >= 0.6 is 11.8 Å². The van der Waals surface area contributed by atoms with Crippen molar-refractivity contribution in [3.63, 3.8) is 0 Å². The van der Waals surface area contributed by atoms with Gasteiger partial charge in [-0.2, -0.15) is 0 Å². The summed E-state index contributed by atoms with van der Waals surface area (Å²) in [5.41, 5.74) is 1.08. The molecule has 1 rings (SSSR count). The maximum atomic E-state index is 10.8. The van der Waals surface area contributed by atoms with Gasteiger partial charge in [0.25, 0.3) is 0 Å². The van der Waals surface area contributed by atoms with E-state index in [0.29, 0.717) is 6.42 Å². The van der Waals surface area contributed by atoms with Crippen LogP contribution in [0.4, 0.5) is 0 Å². The van der Waals surface area contributed by atoms with Crippen molar-refractivity contribution in [2.75, 3.05) is 0 Å². The molecule has 2 nitrogen and oxygen atoms in total. The van der Waals surface area contributed by atoms with Gasteiger partial charge in [0.1, 0.15) is 6.29 Å². The lowest BCUT2D eigenvalue weighted by atomic mass is 10.1. The molecule has 0 aliphatic carbocycles. The lowest BCUT2D eigenvalue weighted by Crippen LogP contribution is -2.10. The molecule has 0 aromatic heterocycles. The Balaban J connectivity index is 2.57. The molecule has 0 fully saturated rings. The second-order valence-corrected chi connectivity index (χ2v) is 4.39. The zero-order chi connectivity index (χ0) is 10.4. The van der Waals surface area contributed by atoms with Crippen molar-refractivity contribution in [2.45, 2.75) is 18.6 Å². The summed E-state index contributed by atoms with van der Waals surface area (Å²) in [5.74, 6) is 0. The van der Waals surface area contributed by atoms with E-state index in [4.69, 9.17) is 0 Å². The first kappa shape index (κ1) is 11.0. The first-order valence-corrected chi connectivity index (χ1v) is 5.27. The van der Waals surface area contributed by atoms with Crippen LogP contribution in [0.25, 0.3) is 0 Å². The Labute approximate surface area is 87.7 Å². The van der Waals surface area contributed by atoms with Crippen LogP contribution in [0.5, 0.6) is 0 Å². The number of carbonyl (C=O) groups excluding carboxylic acids is 2. The number of thioether (sulfide) groups is 1. The monoisotopic (exact) mass is 208 g/mol. The number of carbonyl (C=O) groups is 2. The maximum Gasteiger partial charge on any atom is 0.186 e. The Kier molecular flexibility index (Phi) is 4.40. The van der Waals surface area contributed by atoms with Crippen molar-refractivity contribution in [2.24, 2.45) is 0 Å². The molecule has 1 aromatic carbocycles. The second kappa shape index (κ2) is 5.60. The molecule has 0 spiro atoms. The molecular formula is C11H12O2S. The number of aldehydes is 1. The summed E-state index contributed by atoms with van der Waals surface area (Å²) >= 11 is 1.09. The Morgan fingerprint density at radius 3 is 2.57 bits per heavy atom. The van der Waals surface area contributed by atoms with E-state index in [2.05, 4.69) is 0 Å². The quantitative estimate of drug-likeness (QED) is 0.710. The standard InChI is InChI=1S/C11H12O2S/c1-9(13)14-11(8-12)7-10-5-3-2-4-6-10/h2-6,8,11H,7H2,1H3. The van der Waals surface area contributed by atoms with Crippen molar-refractivity contribution in [3.8, 4) is 0 Å². The van der Waals surface area contributed by atoms with Crippen LogP contribution in [0.15, 0.2) is 30.3 Å². The topological polar surface area (TPSA) is 34.1 Å². The lowest BCUT2D eigenvalue weighted by molar-refractivity contribution is -0.110. The van der Waals surface area contributed by atoms with Gasteiger partial charge >= 0.3 is 0 Å². The molecule has 0 heterocycles. The SMILES string of the molecule is CC(=O)SC(C=O)Cc1ccccc1. The smallest absolute Gasteiger partial charge is 0.186 e. The van der Waals surface area contributed by atoms with Crippen LogP contribution in [-0.2, 0) is 16.0 Å². The van der Waals surface area contributed by atoms with E-state index in [0.717, 1.165) is 23.6 Å². The highest BCUT2D eigenvalue weighted by molar-refractivity contribution is 8.14. The fourth-order valence-electron chi connectivity index (χ4n) is 1.18. The van der Waals surface area contributed by atoms with Crippen LogP contribution in [0.1, 0.15) is 12.5 Å². The van der Waals surface area contributed by atoms with E-state index in [1.807, 2.05) is 30.3 Å². The van der Waals surface area contributed by atoms with Crippen molar-refractivity contribution in [1.82, 2.24) is 0 Å². The average Bonchev–Trinajstić information content (AvgIpc) is 2.17. The van der Waals surface area contributed by atoms with E-state index >= 15 is 0 Å². The summed E-state index contributed by atoms with van der Waals surface area (Å²) in [4.78, 5) is 21.5. The first-order chi connectivity index (χ1) is 6.72. The normalized spacial score (nSPS) is 12.1. The van der Waals surface area contributed by atoms with Crippen LogP contribution in [-0.4, -0.2) is 16.7 Å². The van der Waals surface area contributed by atoms with Crippen LogP contribution < -0.4 is 0 Å². The van der Waals surface area contributed by atoms with E-state index in [1.165, 1.54) is 6.92 Å². The molecule has 1 atom stereocenters. The van der Waals surface area contributed by atoms with E-state index < -0.39 is 0 Å². The van der Waals surface area contributed by atoms with Gasteiger partial charge in [0.2, 0.25) is 0 Å². The molecule has 0 aliphatic heterocycles. The Morgan fingerprint density at radius 1 is 1.43 bits per heavy atom. The minimum atomic E-state index is -0.255. The zero-order valence-corrected chi connectivity index (χ0v) is 8.79. The predicted molar refractivity (Wildman–Crippen MR) is 58.3 cm³/mol. The van der Waals surface area contributed by atoms with Crippen molar-refractivity contribution < 1.29 is 9.59 Å². The van der Waals surface area contributed by atoms with Gasteiger partial charge in [0, 0.05) is 6.92 Å². The highest BCUT2D eigenvalue weighted by atomic mass is 32.2. The van der Waals surface area contributed by atoms with Gasteiger partial charge in [0.05, 0.1) is 5.25 Å². The average molecular weight is 208 g/mol. The minimum absolute atomic E-state index is 0.0157. The van der Waals surface area contributed by atoms with Crippen molar-refractivity contribution >= 4 is 23.2 Å². The summed E-state index contributed by atoms with van der Waals surface area (Å²) in [6.45, 7) is 1.48. The van der Waals surface area contributed by atoms with Gasteiger partial charge in [-0.15, -0.1) is 0 Å². The molecule has 0 aliphatic rings. The zero-order valence-electron chi connectivity index (χ0n) is 7.97. The van der Waals surface area contributed by atoms with Crippen molar-refractivity contribution in [1.29, 1.82) is 0 Å². The van der Waals surface area contributed by atoms with E-state index in [1.54, 1.807) is 0 Å². The van der Waals surface area contributed by atoms with Crippen LogP contribution in [0, 0.1) is 0 Å². The first-order valence-electron chi connectivity index (χ1n) is 4.39. The summed E-state index contributed by atoms with van der Waals surface area (Å²) in [6.07, 6.45) is 1.45. The third kappa shape index (κ3) is 3.75. The minimum Gasteiger partial charge on any atom is -0.302 e. The largest absolute Gasteiger partial charge is 0.302 e. The fraction of sp³-hybridized carbons (Fsp3) is 0.273. The molecule has 0 N–H and O–H groups in total. The Hall–Kier alpha value is -1.09. The fourth-order valence-corrected chi connectivity index (χ4v) is 1.93. The summed E-state index contributed by atoms with van der Waals surface area (Å²) < 4.78 is 0. The Morgan fingerprint density at radius 2 is 2.07 bits per heavy atom. The van der Waals surface area contributed by atoms with Gasteiger partial charge < -0.3 is 4.79 Å². The predicted octanol–water partition coefficient (Wildman–Crippen LogP) is 2.08. The second-order valence-electron chi connectivity index (χ2n) is 2.97. The Bertz CT molecular complexity index is 308. The van der Waals surface area contributed by atoms with Crippen molar-refractivity contribution in [3.05, 3.63) is 35.9 Å². The summed E-state index contributed by atoms with van der Waals surface area (Å²) in [5, 5.41) is -0.270. The molecule has 74 valence electrons. The molecule has 0 saturated heterocycles. The molecule has 1 unspecified atom stereocenters. The third-order valence-electron chi connectivity index (χ3n) is 1.75. The van der Waals surface area contributed by atoms with Gasteiger partial charge in [0.15, 0.2) is 5.12 Å². The summed E-state index contributed by atoms with van der Waals surface area (Å²) in [6, 6.07) is 9.69. The van der Waals surface area contributed by atoms with Crippen LogP contribution in [0.3, 0.4) is 0 Å². The molecule has 0 amide bonds. The van der Waals surface area contributed by atoms with Crippen LogP contribution in [0.2, 0.25) is 0 Å². The molecule has 0 saturated carbocycles. The van der Waals surface area contributed by atoms with E-state index in [-0.39, 0.29) is 10.4 Å². The maximum absolute atomic E-state index is 10.8. The van der Waals surface area contributed by atoms with Gasteiger partial charge in [-0.25, -0.2) is 0 Å². The summed E-state index contributed by atoms with van der Waals surface area (Å²) in [7, 11) is 0. The van der Waals surface area contributed by atoms with E-state index in [9.17, 15) is 9.59 Å². The van der Waals surface area contributed by atoms with Gasteiger partial charge in [-0.1, -0.05) is 42.1 Å². The number of rotatable bonds is 4. The molecular weight excluding hydrogens is 196 g/mol. The third-order valence-corrected chi connectivity index (χ3v) is 2.66. The number of hydrogen-bond acceptors (Lipinski definition) is 3. The molecule has 0 radical (unpaired) electrons. The highest BCUT2D eigenvalue weighted by Crippen LogP contribution is 2.15.